The molecule has 0 aliphatic rings. The van der Waals surface area contributed by atoms with Crippen LogP contribution < -0.4 is 5.32 Å². The third-order valence-corrected chi connectivity index (χ3v) is 3.11. The molecule has 108 valence electrons. The highest BCUT2D eigenvalue weighted by Gasteiger charge is 2.30. The van der Waals surface area contributed by atoms with Gasteiger partial charge in [-0.25, -0.2) is 0 Å². The van der Waals surface area contributed by atoms with Crippen molar-refractivity contribution in [2.24, 2.45) is 5.92 Å². The molecule has 1 N–H and O–H groups in total. The normalized spacial score (nSPS) is 12.1. The van der Waals surface area contributed by atoms with E-state index in [4.69, 9.17) is 0 Å². The molecule has 20 heavy (non-hydrogen) atoms. The molecule has 0 atom stereocenters. The first-order valence-corrected chi connectivity index (χ1v) is 6.58. The van der Waals surface area contributed by atoms with E-state index < -0.39 is 11.7 Å². The van der Waals surface area contributed by atoms with E-state index in [2.05, 4.69) is 24.1 Å². The summed E-state index contributed by atoms with van der Waals surface area (Å²) in [5, 5.41) is 3.97. The second-order valence-electron chi connectivity index (χ2n) is 5.20. The van der Waals surface area contributed by atoms with Gasteiger partial charge in [0, 0.05) is 23.8 Å². The molecule has 0 bridgehead atoms. The molecular formula is C15H17F3N2. The molecule has 0 aliphatic heterocycles. The zero-order chi connectivity index (χ0) is 14.8. The summed E-state index contributed by atoms with van der Waals surface area (Å²) in [6.45, 7) is 5.04. The lowest BCUT2D eigenvalue weighted by Gasteiger charge is -2.12. The van der Waals surface area contributed by atoms with Crippen molar-refractivity contribution in [3.63, 3.8) is 0 Å². The zero-order valence-corrected chi connectivity index (χ0v) is 11.5. The number of hydrogen-bond donors (Lipinski definition) is 1. The van der Waals surface area contributed by atoms with Crippen molar-refractivity contribution in [1.82, 2.24) is 4.98 Å². The first-order chi connectivity index (χ1) is 9.38. The number of nitrogens with zero attached hydrogens (tertiary/aromatic N) is 1. The van der Waals surface area contributed by atoms with E-state index in [1.54, 1.807) is 6.07 Å². The Hall–Kier alpha value is -1.78. The Morgan fingerprint density at radius 2 is 1.95 bits per heavy atom. The van der Waals surface area contributed by atoms with Crippen LogP contribution in [0.2, 0.25) is 0 Å². The van der Waals surface area contributed by atoms with Gasteiger partial charge in [0.2, 0.25) is 0 Å². The van der Waals surface area contributed by atoms with Gasteiger partial charge in [-0.15, -0.1) is 0 Å². The van der Waals surface area contributed by atoms with Gasteiger partial charge in [0.25, 0.3) is 0 Å². The molecule has 5 heteroatoms. The molecule has 2 nitrogen and oxygen atoms in total. The molecular weight excluding hydrogens is 265 g/mol. The Kier molecular flexibility index (Phi) is 4.16. The van der Waals surface area contributed by atoms with Crippen molar-refractivity contribution in [2.45, 2.75) is 26.4 Å². The van der Waals surface area contributed by atoms with Gasteiger partial charge in [0.15, 0.2) is 0 Å². The Bertz CT molecular complexity index is 591. The molecule has 0 fully saturated rings. The van der Waals surface area contributed by atoms with Crippen molar-refractivity contribution in [2.75, 3.05) is 11.9 Å². The Morgan fingerprint density at radius 1 is 1.20 bits per heavy atom. The van der Waals surface area contributed by atoms with Gasteiger partial charge in [-0.2, -0.15) is 13.2 Å². The zero-order valence-electron chi connectivity index (χ0n) is 11.5. The number of aromatic nitrogens is 1. The van der Waals surface area contributed by atoms with Crippen LogP contribution in [0.1, 0.15) is 25.8 Å². The van der Waals surface area contributed by atoms with Crippen molar-refractivity contribution in [3.05, 3.63) is 36.0 Å². The third-order valence-electron chi connectivity index (χ3n) is 3.11. The van der Waals surface area contributed by atoms with Crippen LogP contribution in [-0.4, -0.2) is 11.5 Å². The van der Waals surface area contributed by atoms with Gasteiger partial charge in [0.1, 0.15) is 0 Å². The number of benzene rings is 1. The molecule has 0 spiro atoms. The van der Waals surface area contributed by atoms with Gasteiger partial charge in [-0.1, -0.05) is 19.9 Å². The summed E-state index contributed by atoms with van der Waals surface area (Å²) in [6, 6.07) is 5.44. The van der Waals surface area contributed by atoms with E-state index in [0.717, 1.165) is 30.8 Å². The van der Waals surface area contributed by atoms with Crippen molar-refractivity contribution >= 4 is 16.6 Å². The lowest BCUT2D eigenvalue weighted by atomic mass is 10.1. The molecule has 0 aliphatic carbocycles. The van der Waals surface area contributed by atoms with Gasteiger partial charge in [-0.3, -0.25) is 4.98 Å². The molecule has 0 saturated carbocycles. The Morgan fingerprint density at radius 3 is 2.60 bits per heavy atom. The van der Waals surface area contributed by atoms with Crippen LogP contribution in [0.25, 0.3) is 10.9 Å². The summed E-state index contributed by atoms with van der Waals surface area (Å²) >= 11 is 0. The molecule has 0 unspecified atom stereocenters. The molecule has 2 aromatic rings. The van der Waals surface area contributed by atoms with E-state index >= 15 is 0 Å². The summed E-state index contributed by atoms with van der Waals surface area (Å²) in [7, 11) is 0. The monoisotopic (exact) mass is 282 g/mol. The quantitative estimate of drug-likeness (QED) is 0.878. The second kappa shape index (κ2) is 5.69. The molecule has 1 aromatic carbocycles. The maximum Gasteiger partial charge on any atom is 0.416 e. The molecule has 2 rings (SSSR count). The number of alkyl halides is 3. The van der Waals surface area contributed by atoms with E-state index in [-0.39, 0.29) is 0 Å². The van der Waals surface area contributed by atoms with Crippen molar-refractivity contribution < 1.29 is 13.2 Å². The van der Waals surface area contributed by atoms with E-state index in [0.29, 0.717) is 16.8 Å². The van der Waals surface area contributed by atoms with Crippen LogP contribution >= 0.6 is 0 Å². The fourth-order valence-electron chi connectivity index (χ4n) is 1.97. The first kappa shape index (κ1) is 14.6. The minimum atomic E-state index is -4.34. The van der Waals surface area contributed by atoms with Gasteiger partial charge >= 0.3 is 6.18 Å². The van der Waals surface area contributed by atoms with Gasteiger partial charge in [-0.05, 0) is 30.5 Å². The highest BCUT2D eigenvalue weighted by molar-refractivity contribution is 5.91. The molecule has 0 radical (unpaired) electrons. The van der Waals surface area contributed by atoms with E-state index in [1.165, 1.54) is 12.3 Å². The molecule has 0 amide bonds. The van der Waals surface area contributed by atoms with Crippen LogP contribution in [0.3, 0.4) is 0 Å². The number of halogens is 3. The Balaban J connectivity index is 2.29. The number of hydrogen-bond acceptors (Lipinski definition) is 2. The topological polar surface area (TPSA) is 24.9 Å². The van der Waals surface area contributed by atoms with Crippen LogP contribution in [-0.2, 0) is 6.18 Å². The standard InChI is InChI=1S/C15H17F3N2/c1-10(2)5-7-19-13-6-8-20-14-9-11(15(16,17)18)3-4-12(13)14/h3-4,6,8-10H,5,7H2,1-2H3,(H,19,20). The van der Waals surface area contributed by atoms with Crippen LogP contribution in [0, 0.1) is 5.92 Å². The predicted molar refractivity (Wildman–Crippen MR) is 74.7 cm³/mol. The summed E-state index contributed by atoms with van der Waals surface area (Å²) in [4.78, 5) is 4.02. The number of fused-ring (bicyclic) bond motifs is 1. The number of nitrogens with one attached hydrogen (secondary N) is 1. The number of anilines is 1. The highest BCUT2D eigenvalue weighted by atomic mass is 19.4. The average Bonchev–Trinajstić information content (AvgIpc) is 2.37. The summed E-state index contributed by atoms with van der Waals surface area (Å²) < 4.78 is 38.0. The maximum absolute atomic E-state index is 12.7. The largest absolute Gasteiger partial charge is 0.416 e. The third kappa shape index (κ3) is 3.40. The van der Waals surface area contributed by atoms with E-state index in [1.807, 2.05) is 0 Å². The predicted octanol–water partition coefficient (Wildman–Crippen LogP) is 4.71. The van der Waals surface area contributed by atoms with Crippen LogP contribution in [0.5, 0.6) is 0 Å². The number of rotatable bonds is 4. The second-order valence-corrected chi connectivity index (χ2v) is 5.20. The molecule has 0 saturated heterocycles. The Labute approximate surface area is 116 Å². The lowest BCUT2D eigenvalue weighted by Crippen LogP contribution is -2.07. The maximum atomic E-state index is 12.7. The lowest BCUT2D eigenvalue weighted by molar-refractivity contribution is -0.137. The minimum Gasteiger partial charge on any atom is -0.384 e. The fraction of sp³-hybridized carbons (Fsp3) is 0.400. The van der Waals surface area contributed by atoms with Crippen LogP contribution in [0.4, 0.5) is 18.9 Å². The highest BCUT2D eigenvalue weighted by Crippen LogP contribution is 2.32. The van der Waals surface area contributed by atoms with Crippen LogP contribution in [0.15, 0.2) is 30.5 Å². The van der Waals surface area contributed by atoms with E-state index in [9.17, 15) is 13.2 Å². The van der Waals surface area contributed by atoms with Crippen molar-refractivity contribution in [1.29, 1.82) is 0 Å². The average molecular weight is 282 g/mol. The SMILES string of the molecule is CC(C)CCNc1ccnc2cc(C(F)(F)F)ccc12. The minimum absolute atomic E-state index is 0.356. The number of pyridine rings is 1. The fourth-order valence-corrected chi connectivity index (χ4v) is 1.97. The van der Waals surface area contributed by atoms with Gasteiger partial charge < -0.3 is 5.32 Å². The molecule has 1 heterocycles. The summed E-state index contributed by atoms with van der Waals surface area (Å²) in [6.07, 6.45) is -1.80. The van der Waals surface area contributed by atoms with Crippen molar-refractivity contribution in [3.8, 4) is 0 Å². The summed E-state index contributed by atoms with van der Waals surface area (Å²) in [5.74, 6) is 0.576. The summed E-state index contributed by atoms with van der Waals surface area (Å²) in [5.41, 5.74) is 0.510. The first-order valence-electron chi connectivity index (χ1n) is 6.58. The molecule has 1 aromatic heterocycles. The smallest absolute Gasteiger partial charge is 0.384 e. The van der Waals surface area contributed by atoms with Gasteiger partial charge in [0.05, 0.1) is 11.1 Å².